The summed E-state index contributed by atoms with van der Waals surface area (Å²) in [6.45, 7) is 9.48. The summed E-state index contributed by atoms with van der Waals surface area (Å²) in [4.78, 5) is 11.9. The monoisotopic (exact) mass is 258 g/mol. The van der Waals surface area contributed by atoms with E-state index in [1.165, 1.54) is 11.1 Å². The fraction of sp³-hybridized carbons (Fsp3) is 0.471. The molecule has 0 saturated heterocycles. The van der Waals surface area contributed by atoms with Crippen LogP contribution in [0.5, 0.6) is 0 Å². The molecule has 0 radical (unpaired) electrons. The maximum Gasteiger partial charge on any atom is 0.333 e. The molecule has 2 atom stereocenters. The zero-order valence-electron chi connectivity index (χ0n) is 12.0. The van der Waals surface area contributed by atoms with E-state index in [1.807, 2.05) is 6.92 Å². The van der Waals surface area contributed by atoms with Crippen LogP contribution in [-0.2, 0) is 16.0 Å². The van der Waals surface area contributed by atoms with Gasteiger partial charge in [-0.05, 0) is 44.2 Å². The van der Waals surface area contributed by atoms with E-state index in [4.69, 9.17) is 4.74 Å². The summed E-state index contributed by atoms with van der Waals surface area (Å²) in [6.07, 6.45) is 2.93. The Kier molecular flexibility index (Phi) is 3.79. The molecule has 0 fully saturated rings. The second-order valence-electron chi connectivity index (χ2n) is 5.63. The molecule has 1 aromatic rings. The van der Waals surface area contributed by atoms with Crippen molar-refractivity contribution < 1.29 is 9.53 Å². The Morgan fingerprint density at radius 1 is 1.47 bits per heavy atom. The van der Waals surface area contributed by atoms with Crippen molar-refractivity contribution in [3.63, 3.8) is 0 Å². The first-order valence-corrected chi connectivity index (χ1v) is 6.94. The van der Waals surface area contributed by atoms with Crippen LogP contribution >= 0.6 is 0 Å². The number of carbonyl (C=O) groups excluding carboxylic acids is 1. The summed E-state index contributed by atoms with van der Waals surface area (Å²) < 4.78 is 5.75. The third-order valence-electron chi connectivity index (χ3n) is 4.25. The van der Waals surface area contributed by atoms with E-state index in [1.54, 1.807) is 6.92 Å². The number of esters is 1. The van der Waals surface area contributed by atoms with Crippen LogP contribution in [0.2, 0.25) is 0 Å². The largest absolute Gasteiger partial charge is 0.455 e. The lowest BCUT2D eigenvalue weighted by Gasteiger charge is -2.35. The van der Waals surface area contributed by atoms with Crippen LogP contribution in [-0.4, -0.2) is 11.6 Å². The van der Waals surface area contributed by atoms with E-state index in [0.717, 1.165) is 19.3 Å². The van der Waals surface area contributed by atoms with Gasteiger partial charge in [-0.1, -0.05) is 37.8 Å². The van der Waals surface area contributed by atoms with Crippen LogP contribution in [0, 0.1) is 0 Å². The molecular formula is C17H22O2. The second kappa shape index (κ2) is 5.20. The van der Waals surface area contributed by atoms with Crippen LogP contribution in [0.4, 0.5) is 0 Å². The average molecular weight is 258 g/mol. The topological polar surface area (TPSA) is 26.3 Å². The van der Waals surface area contributed by atoms with Gasteiger partial charge in [0.25, 0.3) is 0 Å². The van der Waals surface area contributed by atoms with Gasteiger partial charge in [-0.2, -0.15) is 0 Å². The third kappa shape index (κ3) is 2.58. The molecule has 0 bridgehead atoms. The molecule has 1 aliphatic carbocycles. The summed E-state index contributed by atoms with van der Waals surface area (Å²) in [5, 5.41) is 0. The van der Waals surface area contributed by atoms with Crippen molar-refractivity contribution in [3.8, 4) is 0 Å². The van der Waals surface area contributed by atoms with Gasteiger partial charge in [-0.25, -0.2) is 4.79 Å². The van der Waals surface area contributed by atoms with Gasteiger partial charge in [0.1, 0.15) is 5.60 Å². The highest BCUT2D eigenvalue weighted by Gasteiger charge is 2.40. The number of ether oxygens (including phenoxy) is 1. The van der Waals surface area contributed by atoms with Gasteiger partial charge in [-0.15, -0.1) is 0 Å². The molecule has 2 heteroatoms. The molecule has 0 saturated carbocycles. The van der Waals surface area contributed by atoms with Gasteiger partial charge in [0.2, 0.25) is 0 Å². The van der Waals surface area contributed by atoms with E-state index in [0.29, 0.717) is 5.57 Å². The SMILES string of the molecule is C=C(C)C(=O)OC(C)(CC)C1CCc2ccccc21. The summed E-state index contributed by atoms with van der Waals surface area (Å²) in [6, 6.07) is 8.47. The van der Waals surface area contributed by atoms with Crippen molar-refractivity contribution >= 4 is 5.97 Å². The molecule has 2 unspecified atom stereocenters. The molecule has 0 amide bonds. The number of benzene rings is 1. The lowest BCUT2D eigenvalue weighted by atomic mass is 9.82. The first-order chi connectivity index (χ1) is 8.98. The number of hydrogen-bond donors (Lipinski definition) is 0. The fourth-order valence-corrected chi connectivity index (χ4v) is 2.88. The maximum absolute atomic E-state index is 11.9. The average Bonchev–Trinajstić information content (AvgIpc) is 2.82. The Hall–Kier alpha value is -1.57. The Labute approximate surface area is 115 Å². The molecule has 0 spiro atoms. The van der Waals surface area contributed by atoms with Crippen LogP contribution < -0.4 is 0 Å². The fourth-order valence-electron chi connectivity index (χ4n) is 2.88. The Bertz CT molecular complexity index is 504. The highest BCUT2D eigenvalue weighted by molar-refractivity contribution is 5.87. The van der Waals surface area contributed by atoms with Crippen molar-refractivity contribution in [2.45, 2.75) is 51.6 Å². The molecule has 2 rings (SSSR count). The summed E-state index contributed by atoms with van der Waals surface area (Å²) in [7, 11) is 0. The minimum atomic E-state index is -0.442. The van der Waals surface area contributed by atoms with Crippen LogP contribution in [0.25, 0.3) is 0 Å². The zero-order valence-corrected chi connectivity index (χ0v) is 12.0. The molecule has 0 heterocycles. The third-order valence-corrected chi connectivity index (χ3v) is 4.25. The van der Waals surface area contributed by atoms with Gasteiger partial charge < -0.3 is 4.74 Å². The molecule has 2 nitrogen and oxygen atoms in total. The normalized spacial score (nSPS) is 20.5. The molecular weight excluding hydrogens is 236 g/mol. The number of carbonyl (C=O) groups is 1. The summed E-state index contributed by atoms with van der Waals surface area (Å²) >= 11 is 0. The zero-order chi connectivity index (χ0) is 14.0. The summed E-state index contributed by atoms with van der Waals surface area (Å²) in [5.74, 6) is 0.00531. The molecule has 0 aliphatic heterocycles. The van der Waals surface area contributed by atoms with Crippen LogP contribution in [0.15, 0.2) is 36.4 Å². The molecule has 1 aromatic carbocycles. The Balaban J connectivity index is 2.28. The van der Waals surface area contributed by atoms with Gasteiger partial charge in [-0.3, -0.25) is 0 Å². The predicted octanol–water partition coefficient (Wildman–Crippen LogP) is 4.00. The molecule has 19 heavy (non-hydrogen) atoms. The van der Waals surface area contributed by atoms with Crippen molar-refractivity contribution in [3.05, 3.63) is 47.5 Å². The first-order valence-electron chi connectivity index (χ1n) is 6.94. The Morgan fingerprint density at radius 2 is 2.16 bits per heavy atom. The predicted molar refractivity (Wildman–Crippen MR) is 77.1 cm³/mol. The summed E-state index contributed by atoms with van der Waals surface area (Å²) in [5.41, 5.74) is 2.74. The first kappa shape index (κ1) is 13.9. The van der Waals surface area contributed by atoms with E-state index < -0.39 is 5.60 Å². The highest BCUT2D eigenvalue weighted by Crippen LogP contribution is 2.44. The number of fused-ring (bicyclic) bond motifs is 1. The van der Waals surface area contributed by atoms with E-state index in [2.05, 4.69) is 37.8 Å². The highest BCUT2D eigenvalue weighted by atomic mass is 16.6. The standard InChI is InChI=1S/C17H22O2/c1-5-17(4,19-16(18)12(2)3)15-11-10-13-8-6-7-9-14(13)15/h6-9,15H,2,5,10-11H2,1,3-4H3. The van der Waals surface area contributed by atoms with Crippen LogP contribution in [0.1, 0.15) is 50.7 Å². The smallest absolute Gasteiger partial charge is 0.333 e. The van der Waals surface area contributed by atoms with Gasteiger partial charge in [0.15, 0.2) is 0 Å². The second-order valence-corrected chi connectivity index (χ2v) is 5.63. The van der Waals surface area contributed by atoms with Crippen molar-refractivity contribution in [1.82, 2.24) is 0 Å². The van der Waals surface area contributed by atoms with E-state index in [-0.39, 0.29) is 11.9 Å². The van der Waals surface area contributed by atoms with Crippen molar-refractivity contribution in [2.75, 3.05) is 0 Å². The maximum atomic E-state index is 11.9. The van der Waals surface area contributed by atoms with Crippen molar-refractivity contribution in [1.29, 1.82) is 0 Å². The van der Waals surface area contributed by atoms with Crippen molar-refractivity contribution in [2.24, 2.45) is 0 Å². The van der Waals surface area contributed by atoms with Gasteiger partial charge >= 0.3 is 5.97 Å². The molecule has 0 aromatic heterocycles. The molecule has 102 valence electrons. The van der Waals surface area contributed by atoms with Gasteiger partial charge in [0, 0.05) is 11.5 Å². The van der Waals surface area contributed by atoms with E-state index in [9.17, 15) is 4.79 Å². The quantitative estimate of drug-likeness (QED) is 0.602. The minimum Gasteiger partial charge on any atom is -0.455 e. The minimum absolute atomic E-state index is 0.284. The molecule has 1 aliphatic rings. The lowest BCUT2D eigenvalue weighted by Crippen LogP contribution is -2.37. The van der Waals surface area contributed by atoms with E-state index >= 15 is 0 Å². The Morgan fingerprint density at radius 3 is 2.79 bits per heavy atom. The number of aryl methyl sites for hydroxylation is 1. The lowest BCUT2D eigenvalue weighted by molar-refractivity contribution is -0.156. The van der Waals surface area contributed by atoms with Gasteiger partial charge in [0.05, 0.1) is 0 Å². The number of rotatable bonds is 4. The molecule has 0 N–H and O–H groups in total. The number of hydrogen-bond acceptors (Lipinski definition) is 2. The van der Waals surface area contributed by atoms with Crippen LogP contribution in [0.3, 0.4) is 0 Å².